The third kappa shape index (κ3) is 15.4. The molecule has 14 heteroatoms. The van der Waals surface area contributed by atoms with Crippen LogP contribution in [0, 0.1) is 35.3 Å². The molecule has 0 aromatic heterocycles. The third-order valence-corrected chi connectivity index (χ3v) is 15.7. The summed E-state index contributed by atoms with van der Waals surface area (Å²) in [5.41, 5.74) is 5.42. The van der Waals surface area contributed by atoms with E-state index >= 15 is 8.78 Å². The molecule has 2 amide bonds. The van der Waals surface area contributed by atoms with Crippen molar-refractivity contribution in [2.75, 3.05) is 138 Å². The van der Waals surface area contributed by atoms with Gasteiger partial charge in [0.25, 0.3) is 0 Å². The average molecular weight is 985 g/mol. The first kappa shape index (κ1) is 53.1. The van der Waals surface area contributed by atoms with Gasteiger partial charge in [0.15, 0.2) is 0 Å². The van der Waals surface area contributed by atoms with E-state index in [2.05, 4.69) is 55.3 Å². The first-order valence-corrected chi connectivity index (χ1v) is 27.0. The molecule has 6 aliphatic heterocycles. The van der Waals surface area contributed by atoms with Gasteiger partial charge in [0.05, 0.1) is 37.8 Å². The molecule has 0 radical (unpaired) electrons. The second-order valence-electron chi connectivity index (χ2n) is 21.9. The lowest BCUT2D eigenvalue weighted by atomic mass is 9.86. The monoisotopic (exact) mass is 985 g/mol. The summed E-state index contributed by atoms with van der Waals surface area (Å²) in [5.74, 6) is 1.24. The quantitative estimate of drug-likeness (QED) is 0.169. The van der Waals surface area contributed by atoms with Crippen molar-refractivity contribution < 1.29 is 37.3 Å². The molecule has 12 nitrogen and oxygen atoms in total. The number of carbonyl (C=O) groups is 2. The summed E-state index contributed by atoms with van der Waals surface area (Å²) in [4.78, 5) is 37.3. The van der Waals surface area contributed by atoms with Crippen LogP contribution in [0.4, 0.5) is 31.5 Å². The maximum atomic E-state index is 15.4. The van der Waals surface area contributed by atoms with E-state index in [4.69, 9.17) is 18.9 Å². The van der Waals surface area contributed by atoms with Gasteiger partial charge in [0.1, 0.15) is 11.6 Å². The van der Waals surface area contributed by atoms with Crippen LogP contribution in [0.25, 0.3) is 0 Å². The third-order valence-electron chi connectivity index (χ3n) is 15.7. The van der Waals surface area contributed by atoms with Crippen LogP contribution >= 0.6 is 0 Å². The number of amides is 2. The van der Waals surface area contributed by atoms with Gasteiger partial charge in [-0.1, -0.05) is 45.0 Å². The van der Waals surface area contributed by atoms with Crippen molar-refractivity contribution in [1.29, 1.82) is 0 Å². The molecule has 71 heavy (non-hydrogen) atoms. The van der Waals surface area contributed by atoms with E-state index in [1.54, 1.807) is 12.1 Å². The van der Waals surface area contributed by atoms with Gasteiger partial charge in [-0.2, -0.15) is 0 Å². The molecule has 3 aromatic rings. The van der Waals surface area contributed by atoms with Crippen molar-refractivity contribution in [2.45, 2.75) is 96.9 Å². The highest BCUT2D eigenvalue weighted by Crippen LogP contribution is 2.33. The van der Waals surface area contributed by atoms with Gasteiger partial charge >= 0.3 is 0 Å². The van der Waals surface area contributed by atoms with Gasteiger partial charge in [-0.25, -0.2) is 8.78 Å². The number of ether oxygens (including phenoxy) is 4. The van der Waals surface area contributed by atoms with E-state index in [-0.39, 0.29) is 28.9 Å². The number of rotatable bonds is 14. The molecule has 1 N–H and O–H groups in total. The van der Waals surface area contributed by atoms with Gasteiger partial charge in [-0.3, -0.25) is 14.5 Å². The van der Waals surface area contributed by atoms with Crippen LogP contribution in [0.3, 0.4) is 0 Å². The number of benzene rings is 3. The highest BCUT2D eigenvalue weighted by atomic mass is 19.1. The maximum absolute atomic E-state index is 15.4. The van der Waals surface area contributed by atoms with Crippen molar-refractivity contribution in [2.24, 2.45) is 23.7 Å². The Balaban J connectivity index is 0.000000200. The predicted molar refractivity (Wildman–Crippen MR) is 279 cm³/mol. The number of morpholine rings is 2. The van der Waals surface area contributed by atoms with E-state index < -0.39 is 0 Å². The second kappa shape index (κ2) is 26.2. The number of piperidine rings is 2. The molecule has 6 fully saturated rings. The lowest BCUT2D eigenvalue weighted by molar-refractivity contribution is -0.121. The number of anilines is 4. The molecule has 3 aromatic carbocycles. The molecule has 0 unspecified atom stereocenters. The standard InChI is InChI=1S/C34H48FN3O3.C23H34FN3O3/c1-34(2,3)29-6-4-27(5-7-29)24-36-14-10-28(11-15-36)25-38(33(39)22-26-12-18-40-19-13-26)30-8-9-32(31(35)23-30)37-16-20-41-21-17-37;24-21-16-20(1-2-22(21)26-9-13-30-14-10-26)27(17-19-3-7-25-8-4-19)23(28)15-18-5-11-29-12-6-18/h4-9,23,26,28H,10-22,24-25H2,1-3H3;1-2,16,18-19,25H,3-15,17H2. The number of nitrogens with zero attached hydrogens (tertiary/aromatic N) is 5. The fraction of sp³-hybridized carbons (Fsp3) is 0.649. The summed E-state index contributed by atoms with van der Waals surface area (Å²) >= 11 is 0. The van der Waals surface area contributed by atoms with Crippen molar-refractivity contribution in [3.8, 4) is 0 Å². The van der Waals surface area contributed by atoms with Crippen LogP contribution in [0.1, 0.15) is 96.1 Å². The van der Waals surface area contributed by atoms with Crippen LogP contribution in [-0.4, -0.2) is 135 Å². The minimum absolute atomic E-state index is 0.108. The summed E-state index contributed by atoms with van der Waals surface area (Å²) in [6.45, 7) is 21.1. The highest BCUT2D eigenvalue weighted by molar-refractivity contribution is 5.94. The zero-order valence-electron chi connectivity index (χ0n) is 43.0. The van der Waals surface area contributed by atoms with Gasteiger partial charge in [-0.15, -0.1) is 0 Å². The fourth-order valence-corrected chi connectivity index (χ4v) is 11.0. The number of nitrogens with one attached hydrogen (secondary N) is 1. The Morgan fingerprint density at radius 2 is 0.972 bits per heavy atom. The van der Waals surface area contributed by atoms with Crippen molar-refractivity contribution >= 4 is 34.6 Å². The Kier molecular flexibility index (Phi) is 19.6. The Morgan fingerprint density at radius 1 is 0.549 bits per heavy atom. The number of hydrogen-bond donors (Lipinski definition) is 1. The Bertz CT molecular complexity index is 2120. The number of halogens is 2. The largest absolute Gasteiger partial charge is 0.381 e. The number of carbonyl (C=O) groups excluding carboxylic acids is 2. The zero-order valence-corrected chi connectivity index (χ0v) is 43.0. The minimum atomic E-state index is -0.263. The molecule has 0 spiro atoms. The summed E-state index contributed by atoms with van der Waals surface area (Å²) in [6, 6.07) is 19.7. The average Bonchev–Trinajstić information content (AvgIpc) is 3.39. The van der Waals surface area contributed by atoms with Crippen molar-refractivity contribution in [3.05, 3.63) is 83.4 Å². The minimum Gasteiger partial charge on any atom is -0.381 e. The Labute approximate surface area is 422 Å². The van der Waals surface area contributed by atoms with E-state index in [0.29, 0.717) is 125 Å². The SMILES string of the molecule is CC(C)(C)c1ccc(CN2CCC(CN(C(=O)CC3CCOCC3)c3ccc(N4CCOCC4)c(F)c3)CC2)cc1.O=C(CC1CCOCC1)N(CC1CCNCC1)c1ccc(N2CCOCC2)c(F)c1. The van der Waals surface area contributed by atoms with E-state index in [0.717, 1.165) is 111 Å². The lowest BCUT2D eigenvalue weighted by Crippen LogP contribution is -2.41. The molecule has 0 saturated carbocycles. The maximum Gasteiger partial charge on any atom is 0.227 e. The molecule has 0 bridgehead atoms. The van der Waals surface area contributed by atoms with Crippen LogP contribution in [-0.2, 0) is 40.5 Å². The molecule has 6 aliphatic rings. The van der Waals surface area contributed by atoms with Crippen LogP contribution < -0.4 is 24.9 Å². The molecule has 6 saturated heterocycles. The van der Waals surface area contributed by atoms with E-state index in [1.807, 2.05) is 43.9 Å². The normalized spacial score (nSPS) is 20.6. The van der Waals surface area contributed by atoms with Gasteiger partial charge in [0, 0.05) is 96.5 Å². The summed E-state index contributed by atoms with van der Waals surface area (Å²) < 4.78 is 52.2. The fourth-order valence-electron chi connectivity index (χ4n) is 11.0. The lowest BCUT2D eigenvalue weighted by Gasteiger charge is -2.36. The van der Waals surface area contributed by atoms with Gasteiger partial charge < -0.3 is 43.9 Å². The summed E-state index contributed by atoms with van der Waals surface area (Å²) in [5, 5.41) is 3.38. The van der Waals surface area contributed by atoms with E-state index in [9.17, 15) is 9.59 Å². The highest BCUT2D eigenvalue weighted by Gasteiger charge is 2.30. The number of hydrogen-bond acceptors (Lipinski definition) is 10. The first-order valence-electron chi connectivity index (χ1n) is 27.0. The molecule has 0 atom stereocenters. The van der Waals surface area contributed by atoms with Gasteiger partial charge in [-0.05, 0) is 154 Å². The summed E-state index contributed by atoms with van der Waals surface area (Å²) in [7, 11) is 0. The molecule has 0 aliphatic carbocycles. The molecular weight excluding hydrogens is 903 g/mol. The second-order valence-corrected chi connectivity index (χ2v) is 21.9. The Hall–Kier alpha value is -4.18. The zero-order chi connectivity index (χ0) is 49.6. The Morgan fingerprint density at radius 3 is 1.39 bits per heavy atom. The van der Waals surface area contributed by atoms with Crippen LogP contribution in [0.5, 0.6) is 0 Å². The smallest absolute Gasteiger partial charge is 0.227 e. The number of likely N-dealkylation sites (tertiary alicyclic amines) is 1. The van der Waals surface area contributed by atoms with Crippen molar-refractivity contribution in [1.82, 2.24) is 10.2 Å². The molecule has 9 rings (SSSR count). The summed E-state index contributed by atoms with van der Waals surface area (Å²) in [6.07, 6.45) is 8.88. The topological polar surface area (TPSA) is 99.3 Å². The molecular formula is C57H82F2N6O6. The first-order chi connectivity index (χ1) is 34.5. The van der Waals surface area contributed by atoms with Crippen molar-refractivity contribution in [3.63, 3.8) is 0 Å². The molecule has 390 valence electrons. The predicted octanol–water partition coefficient (Wildman–Crippen LogP) is 8.83. The van der Waals surface area contributed by atoms with Crippen LogP contribution in [0.2, 0.25) is 0 Å². The van der Waals surface area contributed by atoms with Crippen LogP contribution in [0.15, 0.2) is 60.7 Å². The van der Waals surface area contributed by atoms with Gasteiger partial charge in [0.2, 0.25) is 11.8 Å². The van der Waals surface area contributed by atoms with E-state index in [1.165, 1.54) is 11.1 Å². The molecule has 6 heterocycles.